The van der Waals surface area contributed by atoms with Crippen molar-refractivity contribution in [1.82, 2.24) is 9.88 Å². The number of halogens is 1. The molecule has 1 fully saturated rings. The molecule has 0 atom stereocenters. The number of benzene rings is 3. The molecular weight excluding hydrogens is 456 g/mol. The van der Waals surface area contributed by atoms with Gasteiger partial charge in [0, 0.05) is 41.2 Å². The summed E-state index contributed by atoms with van der Waals surface area (Å²) < 4.78 is 11.4. The van der Waals surface area contributed by atoms with Crippen molar-refractivity contribution in [3.05, 3.63) is 82.3 Å². The Morgan fingerprint density at radius 2 is 1.94 bits per heavy atom. The molecule has 0 radical (unpaired) electrons. The van der Waals surface area contributed by atoms with Crippen molar-refractivity contribution in [3.63, 3.8) is 0 Å². The van der Waals surface area contributed by atoms with Crippen LogP contribution in [0.25, 0.3) is 21.3 Å². The number of carbonyl (C=O) groups excluding carboxylic acids is 1. The maximum Gasteiger partial charge on any atom is 0.317 e. The number of hydrogen-bond acceptors (Lipinski definition) is 6. The molecular formula is C26H23ClN2O3S. The number of rotatable bonds is 6. The molecule has 0 amide bonds. The van der Waals surface area contributed by atoms with Crippen LogP contribution in [0.2, 0.25) is 5.02 Å². The van der Waals surface area contributed by atoms with Gasteiger partial charge in [-0.05, 0) is 29.0 Å². The van der Waals surface area contributed by atoms with Crippen LogP contribution in [0.15, 0.2) is 66.0 Å². The fourth-order valence-electron chi connectivity index (χ4n) is 4.01. The lowest BCUT2D eigenvalue weighted by Crippen LogP contribution is -2.35. The van der Waals surface area contributed by atoms with Crippen molar-refractivity contribution in [2.24, 2.45) is 0 Å². The third kappa shape index (κ3) is 5.25. The van der Waals surface area contributed by atoms with Crippen molar-refractivity contribution in [2.75, 3.05) is 26.3 Å². The lowest BCUT2D eigenvalue weighted by atomic mass is 10.0. The minimum atomic E-state index is -0.323. The number of carbonyl (C=O) groups is 1. The van der Waals surface area contributed by atoms with Gasteiger partial charge >= 0.3 is 5.97 Å². The topological polar surface area (TPSA) is 51.7 Å². The summed E-state index contributed by atoms with van der Waals surface area (Å²) in [6.07, 6.45) is 0.112. The summed E-state index contributed by atoms with van der Waals surface area (Å²) in [6.45, 7) is 3.88. The van der Waals surface area contributed by atoms with E-state index in [-0.39, 0.29) is 12.4 Å². The molecule has 5 rings (SSSR count). The Bertz CT molecular complexity index is 1280. The molecule has 1 aliphatic heterocycles. The monoisotopic (exact) mass is 478 g/mol. The summed E-state index contributed by atoms with van der Waals surface area (Å²) in [5, 5.41) is 5.62. The van der Waals surface area contributed by atoms with Gasteiger partial charge in [0.2, 0.25) is 0 Å². The SMILES string of the molecule is O=C(Cc1csc(-c2cccc(Cl)c2)n1)Oc1ccc2ccccc2c1CN1CCOCC1. The van der Waals surface area contributed by atoms with Crippen molar-refractivity contribution >= 4 is 39.7 Å². The molecule has 7 heteroatoms. The highest BCUT2D eigenvalue weighted by atomic mass is 35.5. The summed E-state index contributed by atoms with van der Waals surface area (Å²) in [7, 11) is 0. The molecule has 0 N–H and O–H groups in total. The molecule has 2 heterocycles. The number of hydrogen-bond donors (Lipinski definition) is 0. The molecule has 1 aliphatic rings. The van der Waals surface area contributed by atoms with E-state index >= 15 is 0 Å². The standard InChI is InChI=1S/C26H23ClN2O3S/c27-20-6-3-5-19(14-20)26-28-21(17-33-26)15-25(30)32-24-9-8-18-4-1-2-7-22(18)23(24)16-29-10-12-31-13-11-29/h1-9,14,17H,10-13,15-16H2. The van der Waals surface area contributed by atoms with Crippen LogP contribution in [0.1, 0.15) is 11.3 Å². The molecule has 0 aliphatic carbocycles. The Kier molecular flexibility index (Phi) is 6.69. The van der Waals surface area contributed by atoms with Gasteiger partial charge in [-0.3, -0.25) is 9.69 Å². The number of esters is 1. The van der Waals surface area contributed by atoms with E-state index in [4.69, 9.17) is 21.1 Å². The first kappa shape index (κ1) is 22.0. The molecule has 1 saturated heterocycles. The van der Waals surface area contributed by atoms with Gasteiger partial charge < -0.3 is 9.47 Å². The summed E-state index contributed by atoms with van der Waals surface area (Å²) in [5.74, 6) is 0.284. The van der Waals surface area contributed by atoms with Crippen LogP contribution >= 0.6 is 22.9 Å². The van der Waals surface area contributed by atoms with Crippen molar-refractivity contribution in [1.29, 1.82) is 0 Å². The average Bonchev–Trinajstić information content (AvgIpc) is 3.29. The van der Waals surface area contributed by atoms with Crippen LogP contribution in [0, 0.1) is 0 Å². The van der Waals surface area contributed by atoms with Crippen LogP contribution in [-0.2, 0) is 22.5 Å². The summed E-state index contributed by atoms with van der Waals surface area (Å²) in [6, 6.07) is 19.6. The molecule has 1 aromatic heterocycles. The van der Waals surface area contributed by atoms with E-state index in [1.54, 1.807) is 0 Å². The Morgan fingerprint density at radius 1 is 1.09 bits per heavy atom. The highest BCUT2D eigenvalue weighted by molar-refractivity contribution is 7.13. The predicted molar refractivity (Wildman–Crippen MR) is 132 cm³/mol. The number of aromatic nitrogens is 1. The number of thiazole rings is 1. The van der Waals surface area contributed by atoms with Crippen LogP contribution < -0.4 is 4.74 Å². The molecule has 0 spiro atoms. The zero-order valence-corrected chi connectivity index (χ0v) is 19.6. The van der Waals surface area contributed by atoms with E-state index in [1.165, 1.54) is 11.3 Å². The van der Waals surface area contributed by atoms with Crippen LogP contribution in [-0.4, -0.2) is 42.2 Å². The van der Waals surface area contributed by atoms with Gasteiger partial charge in [-0.2, -0.15) is 0 Å². The van der Waals surface area contributed by atoms with Crippen LogP contribution in [0.5, 0.6) is 5.75 Å². The van der Waals surface area contributed by atoms with E-state index in [1.807, 2.05) is 53.9 Å². The highest BCUT2D eigenvalue weighted by Gasteiger charge is 2.18. The fraction of sp³-hybridized carbons (Fsp3) is 0.231. The molecule has 3 aromatic carbocycles. The predicted octanol–water partition coefficient (Wildman–Crippen LogP) is 5.60. The molecule has 5 nitrogen and oxygen atoms in total. The maximum atomic E-state index is 12.8. The fourth-order valence-corrected chi connectivity index (χ4v) is 5.01. The van der Waals surface area contributed by atoms with E-state index in [2.05, 4.69) is 22.0 Å². The van der Waals surface area contributed by atoms with Gasteiger partial charge in [-0.1, -0.05) is 54.1 Å². The van der Waals surface area contributed by atoms with E-state index in [0.717, 1.165) is 53.2 Å². The van der Waals surface area contributed by atoms with Crippen LogP contribution in [0.3, 0.4) is 0 Å². The summed E-state index contributed by atoms with van der Waals surface area (Å²) >= 11 is 7.59. The van der Waals surface area contributed by atoms with E-state index < -0.39 is 0 Å². The zero-order chi connectivity index (χ0) is 22.6. The number of ether oxygens (including phenoxy) is 2. The van der Waals surface area contributed by atoms with E-state index in [0.29, 0.717) is 23.0 Å². The second-order valence-corrected chi connectivity index (χ2v) is 9.25. The summed E-state index contributed by atoms with van der Waals surface area (Å²) in [4.78, 5) is 19.8. The maximum absolute atomic E-state index is 12.8. The molecule has 0 saturated carbocycles. The van der Waals surface area contributed by atoms with Gasteiger partial charge in [-0.15, -0.1) is 11.3 Å². The van der Waals surface area contributed by atoms with Gasteiger partial charge in [0.1, 0.15) is 10.8 Å². The van der Waals surface area contributed by atoms with Crippen molar-refractivity contribution in [2.45, 2.75) is 13.0 Å². The van der Waals surface area contributed by atoms with Gasteiger partial charge in [0.05, 0.1) is 25.3 Å². The smallest absolute Gasteiger partial charge is 0.317 e. The minimum absolute atomic E-state index is 0.112. The third-order valence-electron chi connectivity index (χ3n) is 5.66. The first-order valence-electron chi connectivity index (χ1n) is 10.9. The average molecular weight is 479 g/mol. The van der Waals surface area contributed by atoms with Gasteiger partial charge in [0.15, 0.2) is 0 Å². The Labute approximate surface area is 201 Å². The largest absolute Gasteiger partial charge is 0.426 e. The highest BCUT2D eigenvalue weighted by Crippen LogP contribution is 2.31. The first-order chi connectivity index (χ1) is 16.2. The first-order valence-corrected chi connectivity index (χ1v) is 12.1. The third-order valence-corrected chi connectivity index (χ3v) is 6.83. The lowest BCUT2D eigenvalue weighted by Gasteiger charge is -2.27. The van der Waals surface area contributed by atoms with E-state index in [9.17, 15) is 4.79 Å². The normalized spacial score (nSPS) is 14.5. The Hall–Kier alpha value is -2.77. The van der Waals surface area contributed by atoms with Gasteiger partial charge in [0.25, 0.3) is 0 Å². The molecule has 168 valence electrons. The second kappa shape index (κ2) is 10.0. The molecule has 0 unspecified atom stereocenters. The Balaban J connectivity index is 1.35. The van der Waals surface area contributed by atoms with Crippen LogP contribution in [0.4, 0.5) is 0 Å². The zero-order valence-electron chi connectivity index (χ0n) is 18.0. The molecule has 33 heavy (non-hydrogen) atoms. The molecule has 4 aromatic rings. The lowest BCUT2D eigenvalue weighted by molar-refractivity contribution is -0.133. The summed E-state index contributed by atoms with van der Waals surface area (Å²) in [5.41, 5.74) is 2.66. The van der Waals surface area contributed by atoms with Gasteiger partial charge in [-0.25, -0.2) is 4.98 Å². The quantitative estimate of drug-likeness (QED) is 0.267. The second-order valence-electron chi connectivity index (χ2n) is 7.96. The number of morpholine rings is 1. The molecule has 0 bridgehead atoms. The Morgan fingerprint density at radius 3 is 2.79 bits per heavy atom. The van der Waals surface area contributed by atoms with Crippen molar-refractivity contribution < 1.29 is 14.3 Å². The minimum Gasteiger partial charge on any atom is -0.426 e. The number of nitrogens with zero attached hydrogens (tertiary/aromatic N) is 2. The van der Waals surface area contributed by atoms with Crippen molar-refractivity contribution in [3.8, 4) is 16.3 Å². The number of fused-ring (bicyclic) bond motifs is 1.